The summed E-state index contributed by atoms with van der Waals surface area (Å²) in [6.07, 6.45) is 5.39. The third-order valence-electron chi connectivity index (χ3n) is 1.62. The molecule has 0 amide bonds. The fraction of sp³-hybridized carbons (Fsp3) is 0.556. The molecule has 0 bridgehead atoms. The minimum atomic E-state index is 1.16. The molecule has 0 spiro atoms. The average molecular weight is 124 g/mol. The van der Waals surface area contributed by atoms with Gasteiger partial charge in [-0.2, -0.15) is 0 Å². The Morgan fingerprint density at radius 1 is 1.33 bits per heavy atom. The second-order valence-corrected chi connectivity index (χ2v) is 2.32. The molecule has 0 aromatic carbocycles. The predicted molar refractivity (Wildman–Crippen MR) is 43.5 cm³/mol. The Morgan fingerprint density at radius 3 is 2.22 bits per heavy atom. The van der Waals surface area contributed by atoms with Crippen LogP contribution in [0.5, 0.6) is 0 Å². The van der Waals surface area contributed by atoms with Crippen molar-refractivity contribution in [2.75, 3.05) is 0 Å². The lowest BCUT2D eigenvalue weighted by molar-refractivity contribution is 1.07. The van der Waals surface area contributed by atoms with Crippen molar-refractivity contribution in [3.05, 3.63) is 23.3 Å². The van der Waals surface area contributed by atoms with Gasteiger partial charge in [0.1, 0.15) is 0 Å². The molecule has 0 unspecified atom stereocenters. The summed E-state index contributed by atoms with van der Waals surface area (Å²) in [5, 5.41) is 0. The Hall–Kier alpha value is -0.520. The quantitative estimate of drug-likeness (QED) is 0.495. The molecule has 9 heavy (non-hydrogen) atoms. The molecule has 0 aliphatic carbocycles. The zero-order valence-corrected chi connectivity index (χ0v) is 6.86. The number of hydrogen-bond donors (Lipinski definition) is 0. The van der Waals surface area contributed by atoms with E-state index in [9.17, 15) is 0 Å². The van der Waals surface area contributed by atoms with Crippen molar-refractivity contribution in [3.8, 4) is 0 Å². The van der Waals surface area contributed by atoms with Gasteiger partial charge in [0.05, 0.1) is 0 Å². The zero-order valence-electron chi connectivity index (χ0n) is 6.86. The molecule has 0 aromatic rings. The van der Waals surface area contributed by atoms with Crippen LogP contribution < -0.4 is 0 Å². The highest BCUT2D eigenvalue weighted by Gasteiger charge is 1.86. The molecule has 0 saturated heterocycles. The minimum absolute atomic E-state index is 1.16. The minimum Gasteiger partial charge on any atom is -0.0874 e. The van der Waals surface area contributed by atoms with Gasteiger partial charge in [-0.05, 0) is 27.2 Å². The van der Waals surface area contributed by atoms with Gasteiger partial charge in [0.15, 0.2) is 0 Å². The summed E-state index contributed by atoms with van der Waals surface area (Å²) < 4.78 is 0. The van der Waals surface area contributed by atoms with Crippen molar-refractivity contribution in [2.45, 2.75) is 34.1 Å². The van der Waals surface area contributed by atoms with Crippen molar-refractivity contribution in [1.29, 1.82) is 0 Å². The fourth-order valence-corrected chi connectivity index (χ4v) is 0.671. The lowest BCUT2D eigenvalue weighted by atomic mass is 10.1. The summed E-state index contributed by atoms with van der Waals surface area (Å²) >= 11 is 0. The molecule has 0 rings (SSSR count). The molecule has 0 radical (unpaired) electrons. The van der Waals surface area contributed by atoms with Crippen LogP contribution in [0, 0.1) is 0 Å². The Kier molecular flexibility index (Phi) is 4.12. The van der Waals surface area contributed by atoms with Gasteiger partial charge in [-0.3, -0.25) is 0 Å². The van der Waals surface area contributed by atoms with E-state index in [0.717, 1.165) is 6.42 Å². The predicted octanol–water partition coefficient (Wildman–Crippen LogP) is 3.31. The van der Waals surface area contributed by atoms with Crippen LogP contribution in [0.1, 0.15) is 34.1 Å². The summed E-state index contributed by atoms with van der Waals surface area (Å²) in [4.78, 5) is 0. The third-order valence-corrected chi connectivity index (χ3v) is 1.62. The highest BCUT2D eigenvalue weighted by Crippen LogP contribution is 2.07. The SMILES string of the molecule is C/C=C/C(C)=C(\C)CC. The molecule has 0 heterocycles. The smallest absolute Gasteiger partial charge is 0.0346 e. The molecule has 0 aliphatic heterocycles. The largest absolute Gasteiger partial charge is 0.0874 e. The van der Waals surface area contributed by atoms with Crippen LogP contribution in [0.25, 0.3) is 0 Å². The van der Waals surface area contributed by atoms with Gasteiger partial charge >= 0.3 is 0 Å². The molecule has 0 aliphatic rings. The molecule has 0 saturated carbocycles. The topological polar surface area (TPSA) is 0 Å². The van der Waals surface area contributed by atoms with Crippen LogP contribution in [-0.2, 0) is 0 Å². The zero-order chi connectivity index (χ0) is 7.28. The first-order valence-electron chi connectivity index (χ1n) is 3.51. The number of hydrogen-bond acceptors (Lipinski definition) is 0. The van der Waals surface area contributed by atoms with Gasteiger partial charge in [0, 0.05) is 0 Å². The second kappa shape index (κ2) is 4.37. The molecular formula is C9H16. The van der Waals surface area contributed by atoms with E-state index in [4.69, 9.17) is 0 Å². The Bertz CT molecular complexity index is 127. The molecule has 0 heteroatoms. The normalized spacial score (nSPS) is 14.2. The maximum atomic E-state index is 2.18. The first-order chi connectivity index (χ1) is 4.22. The van der Waals surface area contributed by atoms with Crippen LogP contribution >= 0.6 is 0 Å². The maximum absolute atomic E-state index is 2.18. The van der Waals surface area contributed by atoms with Crippen LogP contribution in [0.2, 0.25) is 0 Å². The first-order valence-corrected chi connectivity index (χ1v) is 3.51. The van der Waals surface area contributed by atoms with Crippen molar-refractivity contribution in [2.24, 2.45) is 0 Å². The summed E-state index contributed by atoms with van der Waals surface area (Å²) in [6, 6.07) is 0. The number of allylic oxidation sites excluding steroid dienone is 4. The standard InChI is InChI=1S/C9H16/c1-5-7-9(4)8(3)6-2/h5,7H,6H2,1-4H3/b7-5+,9-8+. The molecule has 0 N–H and O–H groups in total. The summed E-state index contributed by atoms with van der Waals surface area (Å²) in [5.41, 5.74) is 2.88. The highest BCUT2D eigenvalue weighted by atomic mass is 13.9. The van der Waals surface area contributed by atoms with Crippen molar-refractivity contribution < 1.29 is 0 Å². The van der Waals surface area contributed by atoms with Crippen LogP contribution in [0.4, 0.5) is 0 Å². The van der Waals surface area contributed by atoms with E-state index >= 15 is 0 Å². The molecule has 0 nitrogen and oxygen atoms in total. The van der Waals surface area contributed by atoms with Crippen LogP contribution in [0.3, 0.4) is 0 Å². The van der Waals surface area contributed by atoms with E-state index < -0.39 is 0 Å². The molecular weight excluding hydrogens is 108 g/mol. The van der Waals surface area contributed by atoms with Gasteiger partial charge in [-0.1, -0.05) is 30.2 Å². The lowest BCUT2D eigenvalue weighted by Gasteiger charge is -1.97. The van der Waals surface area contributed by atoms with Crippen LogP contribution in [0.15, 0.2) is 23.3 Å². The Morgan fingerprint density at radius 2 is 1.89 bits per heavy atom. The first kappa shape index (κ1) is 8.48. The van der Waals surface area contributed by atoms with Gasteiger partial charge in [0.25, 0.3) is 0 Å². The Balaban J connectivity index is 4.10. The molecule has 52 valence electrons. The van der Waals surface area contributed by atoms with Gasteiger partial charge in [0.2, 0.25) is 0 Å². The second-order valence-electron chi connectivity index (χ2n) is 2.32. The highest BCUT2D eigenvalue weighted by molar-refractivity contribution is 5.21. The van der Waals surface area contributed by atoms with Gasteiger partial charge < -0.3 is 0 Å². The van der Waals surface area contributed by atoms with E-state index in [1.165, 1.54) is 11.1 Å². The van der Waals surface area contributed by atoms with Crippen molar-refractivity contribution in [1.82, 2.24) is 0 Å². The monoisotopic (exact) mass is 124 g/mol. The average Bonchev–Trinajstić information content (AvgIpc) is 1.87. The molecule has 0 atom stereocenters. The van der Waals surface area contributed by atoms with Crippen molar-refractivity contribution in [3.63, 3.8) is 0 Å². The Labute approximate surface area is 58.3 Å². The third kappa shape index (κ3) is 3.12. The summed E-state index contributed by atoms with van der Waals surface area (Å²) in [6.45, 7) is 8.56. The van der Waals surface area contributed by atoms with Gasteiger partial charge in [-0.15, -0.1) is 0 Å². The summed E-state index contributed by atoms with van der Waals surface area (Å²) in [7, 11) is 0. The lowest BCUT2D eigenvalue weighted by Crippen LogP contribution is -1.76. The van der Waals surface area contributed by atoms with Crippen molar-refractivity contribution >= 4 is 0 Å². The fourth-order valence-electron chi connectivity index (χ4n) is 0.671. The van der Waals surface area contributed by atoms with E-state index in [2.05, 4.69) is 32.9 Å². The molecule has 0 fully saturated rings. The van der Waals surface area contributed by atoms with E-state index in [1.807, 2.05) is 6.92 Å². The van der Waals surface area contributed by atoms with E-state index in [1.54, 1.807) is 0 Å². The molecule has 0 aromatic heterocycles. The van der Waals surface area contributed by atoms with E-state index in [-0.39, 0.29) is 0 Å². The summed E-state index contributed by atoms with van der Waals surface area (Å²) in [5.74, 6) is 0. The van der Waals surface area contributed by atoms with Crippen LogP contribution in [-0.4, -0.2) is 0 Å². The number of rotatable bonds is 2. The maximum Gasteiger partial charge on any atom is -0.0346 e. The van der Waals surface area contributed by atoms with Gasteiger partial charge in [-0.25, -0.2) is 0 Å². The van der Waals surface area contributed by atoms with E-state index in [0.29, 0.717) is 0 Å².